The Hall–Kier alpha value is -1.13. The first-order chi connectivity index (χ1) is 11.6. The summed E-state index contributed by atoms with van der Waals surface area (Å²) in [6.07, 6.45) is 5.91. The molecule has 1 N–H and O–H groups in total. The molecule has 1 saturated heterocycles. The summed E-state index contributed by atoms with van der Waals surface area (Å²) < 4.78 is 28.0. The van der Waals surface area contributed by atoms with Crippen molar-refractivity contribution >= 4 is 39.7 Å². The van der Waals surface area contributed by atoms with Gasteiger partial charge in [0.2, 0.25) is 10.0 Å². The number of nitrogens with one attached hydrogen (secondary N) is 1. The standard InChI is InChI=1S/C17H22N4O2S.HI/c22-24(23,21-9-7-14-4-1-2-6-17(14)21)16-5-3-8-20(12-16)11-15-10-18-13-19-15;/h1-2,4,6,10,13,16H,3,5,7-9,11-12H2,(H,18,19);1H. The van der Waals surface area contributed by atoms with Crippen molar-refractivity contribution < 1.29 is 8.42 Å². The van der Waals surface area contributed by atoms with Gasteiger partial charge in [0.05, 0.1) is 17.3 Å². The first kappa shape index (κ1) is 18.7. The van der Waals surface area contributed by atoms with E-state index in [1.807, 2.05) is 24.3 Å². The second kappa shape index (κ2) is 7.63. The molecule has 1 fully saturated rings. The highest BCUT2D eigenvalue weighted by Gasteiger charge is 2.38. The number of hydrogen-bond donors (Lipinski definition) is 1. The van der Waals surface area contributed by atoms with Crippen LogP contribution in [0.25, 0.3) is 0 Å². The van der Waals surface area contributed by atoms with E-state index in [1.165, 1.54) is 0 Å². The maximum absolute atomic E-state index is 13.2. The molecule has 0 aliphatic carbocycles. The second-order valence-corrected chi connectivity index (χ2v) is 8.71. The number of benzene rings is 1. The molecule has 25 heavy (non-hydrogen) atoms. The van der Waals surface area contributed by atoms with Crippen LogP contribution in [0.15, 0.2) is 36.8 Å². The molecule has 6 nitrogen and oxygen atoms in total. The number of halogens is 1. The normalized spacial score (nSPS) is 21.0. The number of hydrogen-bond acceptors (Lipinski definition) is 4. The topological polar surface area (TPSA) is 69.3 Å². The van der Waals surface area contributed by atoms with E-state index < -0.39 is 10.0 Å². The Balaban J connectivity index is 0.00000182. The van der Waals surface area contributed by atoms with E-state index >= 15 is 0 Å². The highest BCUT2D eigenvalue weighted by Crippen LogP contribution is 2.33. The zero-order chi connectivity index (χ0) is 16.6. The lowest BCUT2D eigenvalue weighted by atomic mass is 10.1. The molecule has 1 aromatic heterocycles. The third-order valence-electron chi connectivity index (χ3n) is 4.98. The number of anilines is 1. The maximum atomic E-state index is 13.2. The predicted molar refractivity (Wildman–Crippen MR) is 109 cm³/mol. The van der Waals surface area contributed by atoms with Gasteiger partial charge in [0.1, 0.15) is 0 Å². The fourth-order valence-electron chi connectivity index (χ4n) is 3.76. The van der Waals surface area contributed by atoms with Crippen LogP contribution in [0.5, 0.6) is 0 Å². The lowest BCUT2D eigenvalue weighted by Gasteiger charge is -2.34. The Morgan fingerprint density at radius 1 is 1.24 bits per heavy atom. The summed E-state index contributed by atoms with van der Waals surface area (Å²) in [6.45, 7) is 2.81. The molecule has 0 amide bonds. The number of imidazole rings is 1. The predicted octanol–water partition coefficient (Wildman–Crippen LogP) is 2.38. The molecular weight excluding hydrogens is 451 g/mol. The molecule has 8 heteroatoms. The maximum Gasteiger partial charge on any atom is 0.239 e. The van der Waals surface area contributed by atoms with Crippen molar-refractivity contribution in [3.63, 3.8) is 0 Å². The molecular formula is C17H23IN4O2S. The minimum absolute atomic E-state index is 0. The fraction of sp³-hybridized carbons (Fsp3) is 0.471. The molecule has 0 radical (unpaired) electrons. The summed E-state index contributed by atoms with van der Waals surface area (Å²) in [5.41, 5.74) is 3.02. The zero-order valence-electron chi connectivity index (χ0n) is 14.0. The number of H-pyrrole nitrogens is 1. The number of fused-ring (bicyclic) bond motifs is 1. The number of para-hydroxylation sites is 1. The molecule has 1 unspecified atom stereocenters. The SMILES string of the molecule is I.O=S(=O)(C1CCCN(Cc2cnc[nH]2)C1)N1CCc2ccccc21. The monoisotopic (exact) mass is 474 g/mol. The van der Waals surface area contributed by atoms with Gasteiger partial charge in [0, 0.05) is 31.5 Å². The van der Waals surface area contributed by atoms with Crippen molar-refractivity contribution in [2.45, 2.75) is 31.1 Å². The van der Waals surface area contributed by atoms with E-state index in [0.29, 0.717) is 13.1 Å². The van der Waals surface area contributed by atoms with Crippen LogP contribution < -0.4 is 4.31 Å². The third kappa shape index (κ3) is 3.70. The molecule has 4 rings (SSSR count). The van der Waals surface area contributed by atoms with E-state index in [1.54, 1.807) is 16.8 Å². The number of aromatic nitrogens is 2. The molecule has 2 aliphatic heterocycles. The summed E-state index contributed by atoms with van der Waals surface area (Å²) in [6, 6.07) is 7.83. The van der Waals surface area contributed by atoms with Crippen LogP contribution in [0, 0.1) is 0 Å². The Morgan fingerprint density at radius 3 is 2.88 bits per heavy atom. The van der Waals surface area contributed by atoms with Crippen molar-refractivity contribution in [1.82, 2.24) is 14.9 Å². The number of rotatable bonds is 4. The van der Waals surface area contributed by atoms with Crippen molar-refractivity contribution in [1.29, 1.82) is 0 Å². The lowest BCUT2D eigenvalue weighted by Crippen LogP contribution is -2.47. The number of nitrogens with zero attached hydrogens (tertiary/aromatic N) is 3. The van der Waals surface area contributed by atoms with Gasteiger partial charge >= 0.3 is 0 Å². The van der Waals surface area contributed by atoms with Gasteiger partial charge in [-0.25, -0.2) is 13.4 Å². The van der Waals surface area contributed by atoms with Crippen LogP contribution in [0.1, 0.15) is 24.1 Å². The van der Waals surface area contributed by atoms with Crippen LogP contribution in [-0.2, 0) is 23.0 Å². The first-order valence-electron chi connectivity index (χ1n) is 8.43. The van der Waals surface area contributed by atoms with Gasteiger partial charge in [-0.1, -0.05) is 18.2 Å². The molecule has 1 aromatic carbocycles. The highest BCUT2D eigenvalue weighted by molar-refractivity contribution is 14.0. The molecule has 0 saturated carbocycles. The molecule has 3 heterocycles. The van der Waals surface area contributed by atoms with Crippen molar-refractivity contribution in [2.75, 3.05) is 23.9 Å². The van der Waals surface area contributed by atoms with E-state index in [0.717, 1.165) is 49.3 Å². The second-order valence-electron chi connectivity index (χ2n) is 6.57. The molecule has 0 spiro atoms. The number of likely N-dealkylation sites (tertiary alicyclic amines) is 1. The molecule has 0 bridgehead atoms. The van der Waals surface area contributed by atoms with Crippen molar-refractivity contribution in [3.05, 3.63) is 48.0 Å². The quantitative estimate of drug-likeness (QED) is 0.692. The van der Waals surface area contributed by atoms with Gasteiger partial charge in [-0.05, 0) is 37.4 Å². The third-order valence-corrected chi connectivity index (χ3v) is 7.20. The van der Waals surface area contributed by atoms with Gasteiger partial charge in [0.25, 0.3) is 0 Å². The van der Waals surface area contributed by atoms with Crippen LogP contribution in [-0.4, -0.2) is 48.2 Å². The molecule has 1 atom stereocenters. The van der Waals surface area contributed by atoms with Crippen LogP contribution in [0.2, 0.25) is 0 Å². The Kier molecular flexibility index (Phi) is 5.69. The molecule has 2 aliphatic rings. The molecule has 2 aromatic rings. The van der Waals surface area contributed by atoms with Crippen LogP contribution >= 0.6 is 24.0 Å². The van der Waals surface area contributed by atoms with E-state index in [9.17, 15) is 8.42 Å². The average molecular weight is 474 g/mol. The summed E-state index contributed by atoms with van der Waals surface area (Å²) >= 11 is 0. The number of sulfonamides is 1. The van der Waals surface area contributed by atoms with Gasteiger partial charge in [-0.15, -0.1) is 24.0 Å². The summed E-state index contributed by atoms with van der Waals surface area (Å²) in [4.78, 5) is 9.34. The summed E-state index contributed by atoms with van der Waals surface area (Å²) in [7, 11) is -3.32. The minimum Gasteiger partial charge on any atom is -0.347 e. The van der Waals surface area contributed by atoms with E-state index in [2.05, 4.69) is 14.9 Å². The number of aromatic amines is 1. The highest BCUT2D eigenvalue weighted by atomic mass is 127. The van der Waals surface area contributed by atoms with E-state index in [-0.39, 0.29) is 29.2 Å². The van der Waals surface area contributed by atoms with Crippen LogP contribution in [0.3, 0.4) is 0 Å². The number of piperidine rings is 1. The first-order valence-corrected chi connectivity index (χ1v) is 9.94. The lowest BCUT2D eigenvalue weighted by molar-refractivity contribution is 0.220. The Morgan fingerprint density at radius 2 is 2.08 bits per heavy atom. The van der Waals surface area contributed by atoms with Crippen molar-refractivity contribution in [2.24, 2.45) is 0 Å². The summed E-state index contributed by atoms with van der Waals surface area (Å²) in [5.74, 6) is 0. The fourth-order valence-corrected chi connectivity index (χ4v) is 5.79. The van der Waals surface area contributed by atoms with Crippen LogP contribution in [0.4, 0.5) is 5.69 Å². The summed E-state index contributed by atoms with van der Waals surface area (Å²) in [5, 5.41) is -0.333. The average Bonchev–Trinajstić information content (AvgIpc) is 3.24. The van der Waals surface area contributed by atoms with Gasteiger partial charge in [-0.2, -0.15) is 0 Å². The minimum atomic E-state index is -3.32. The Bertz CT molecular complexity index is 810. The van der Waals surface area contributed by atoms with Gasteiger partial charge in [0.15, 0.2) is 0 Å². The largest absolute Gasteiger partial charge is 0.347 e. The Labute approximate surface area is 165 Å². The van der Waals surface area contributed by atoms with Crippen molar-refractivity contribution in [3.8, 4) is 0 Å². The van der Waals surface area contributed by atoms with Gasteiger partial charge in [-0.3, -0.25) is 9.21 Å². The van der Waals surface area contributed by atoms with Gasteiger partial charge < -0.3 is 4.98 Å². The zero-order valence-corrected chi connectivity index (χ0v) is 17.1. The van der Waals surface area contributed by atoms with E-state index in [4.69, 9.17) is 0 Å². The smallest absolute Gasteiger partial charge is 0.239 e. The molecule has 136 valence electrons.